The van der Waals surface area contributed by atoms with E-state index < -0.39 is 23.3 Å². The third-order valence-corrected chi connectivity index (χ3v) is 3.33. The van der Waals surface area contributed by atoms with E-state index >= 15 is 0 Å². The van der Waals surface area contributed by atoms with Crippen LogP contribution in [0.4, 0.5) is 0 Å². The Kier molecular flexibility index (Phi) is 3.14. The van der Waals surface area contributed by atoms with Crippen LogP contribution in [0.5, 0.6) is 11.5 Å². The van der Waals surface area contributed by atoms with Crippen molar-refractivity contribution in [3.05, 3.63) is 41.5 Å². The van der Waals surface area contributed by atoms with E-state index in [4.69, 9.17) is 10.2 Å². The van der Waals surface area contributed by atoms with E-state index in [1.807, 2.05) is 0 Å². The van der Waals surface area contributed by atoms with Crippen molar-refractivity contribution in [3.8, 4) is 22.9 Å². The molecule has 3 rings (SSSR count). The summed E-state index contributed by atoms with van der Waals surface area (Å²) in [5.74, 6) is -3.19. The molecular formula is C15H10N2O6. The Labute approximate surface area is 128 Å². The van der Waals surface area contributed by atoms with Crippen molar-refractivity contribution < 1.29 is 30.0 Å². The van der Waals surface area contributed by atoms with Crippen LogP contribution in [0.1, 0.15) is 20.7 Å². The van der Waals surface area contributed by atoms with Crippen LogP contribution in [0.2, 0.25) is 0 Å². The summed E-state index contributed by atoms with van der Waals surface area (Å²) in [5.41, 5.74) is 0.618. The molecular weight excluding hydrogens is 304 g/mol. The molecule has 0 atom stereocenters. The van der Waals surface area contributed by atoms with Crippen LogP contribution in [-0.2, 0) is 0 Å². The highest BCUT2D eigenvalue weighted by Gasteiger charge is 2.17. The molecule has 3 aromatic rings. The lowest BCUT2D eigenvalue weighted by Gasteiger charge is -2.05. The summed E-state index contributed by atoms with van der Waals surface area (Å²) < 4.78 is 0. The van der Waals surface area contributed by atoms with E-state index in [9.17, 15) is 19.8 Å². The Morgan fingerprint density at radius 1 is 0.957 bits per heavy atom. The minimum absolute atomic E-state index is 0.0591. The molecule has 8 nitrogen and oxygen atoms in total. The molecule has 0 aliphatic heterocycles. The molecule has 0 unspecified atom stereocenters. The Morgan fingerprint density at radius 2 is 1.70 bits per heavy atom. The number of carboxylic acid groups (broad SMARTS) is 2. The van der Waals surface area contributed by atoms with Gasteiger partial charge in [0.2, 0.25) is 0 Å². The average Bonchev–Trinajstić information content (AvgIpc) is 2.91. The number of carbonyl (C=O) groups is 2. The van der Waals surface area contributed by atoms with Crippen molar-refractivity contribution in [1.82, 2.24) is 9.97 Å². The molecule has 2 aromatic carbocycles. The molecule has 0 saturated carbocycles. The number of imidazole rings is 1. The van der Waals surface area contributed by atoms with Gasteiger partial charge in [0.1, 0.15) is 22.9 Å². The van der Waals surface area contributed by atoms with Gasteiger partial charge in [-0.05, 0) is 30.3 Å². The van der Waals surface area contributed by atoms with Crippen LogP contribution >= 0.6 is 0 Å². The van der Waals surface area contributed by atoms with Crippen molar-refractivity contribution >= 4 is 23.0 Å². The molecule has 1 aromatic heterocycles. The van der Waals surface area contributed by atoms with Crippen LogP contribution in [0, 0.1) is 0 Å². The first-order chi connectivity index (χ1) is 10.9. The number of rotatable bonds is 3. The first kappa shape index (κ1) is 14.4. The maximum atomic E-state index is 11.0. The molecule has 0 amide bonds. The molecule has 0 spiro atoms. The van der Waals surface area contributed by atoms with Crippen LogP contribution in [0.15, 0.2) is 30.3 Å². The Morgan fingerprint density at radius 3 is 2.35 bits per heavy atom. The Hall–Kier alpha value is -3.55. The summed E-state index contributed by atoms with van der Waals surface area (Å²) in [4.78, 5) is 28.9. The predicted molar refractivity (Wildman–Crippen MR) is 78.8 cm³/mol. The first-order valence-electron chi connectivity index (χ1n) is 6.39. The summed E-state index contributed by atoms with van der Waals surface area (Å²) in [6, 6.07) is 6.28. The number of aromatic nitrogens is 2. The van der Waals surface area contributed by atoms with Crippen LogP contribution in [0.25, 0.3) is 22.4 Å². The van der Waals surface area contributed by atoms with E-state index in [-0.39, 0.29) is 22.7 Å². The van der Waals surface area contributed by atoms with Gasteiger partial charge in [0.05, 0.1) is 22.2 Å². The van der Waals surface area contributed by atoms with Gasteiger partial charge in [0, 0.05) is 0 Å². The van der Waals surface area contributed by atoms with Gasteiger partial charge in [-0.2, -0.15) is 0 Å². The standard InChI is InChI=1S/C15H10N2O6/c18-11-5-8(15(22)23)12(19)4-7(11)13-16-9-2-1-6(14(20)21)3-10(9)17-13/h1-5,18-19H,(H,16,17)(H,20,21)(H,22,23). The normalized spacial score (nSPS) is 10.8. The largest absolute Gasteiger partial charge is 0.507 e. The smallest absolute Gasteiger partial charge is 0.339 e. The summed E-state index contributed by atoms with van der Waals surface area (Å²) >= 11 is 0. The average molecular weight is 314 g/mol. The van der Waals surface area contributed by atoms with Gasteiger partial charge < -0.3 is 25.4 Å². The van der Waals surface area contributed by atoms with Gasteiger partial charge in [-0.3, -0.25) is 0 Å². The topological polar surface area (TPSA) is 144 Å². The van der Waals surface area contributed by atoms with Crippen molar-refractivity contribution in [3.63, 3.8) is 0 Å². The lowest BCUT2D eigenvalue weighted by Crippen LogP contribution is -1.97. The number of nitrogens with zero attached hydrogens (tertiary/aromatic N) is 1. The number of hydrogen-bond donors (Lipinski definition) is 5. The second-order valence-corrected chi connectivity index (χ2v) is 4.81. The van der Waals surface area contributed by atoms with Crippen LogP contribution in [-0.4, -0.2) is 42.3 Å². The lowest BCUT2D eigenvalue weighted by atomic mass is 10.1. The molecule has 0 aliphatic carbocycles. The highest BCUT2D eigenvalue weighted by atomic mass is 16.4. The number of H-pyrrole nitrogens is 1. The number of aromatic hydroxyl groups is 2. The quantitative estimate of drug-likeness (QED) is 0.465. The van der Waals surface area contributed by atoms with Gasteiger partial charge >= 0.3 is 11.9 Å². The Bertz CT molecular complexity index is 960. The fourth-order valence-electron chi connectivity index (χ4n) is 2.20. The van der Waals surface area contributed by atoms with Crippen molar-refractivity contribution in [1.29, 1.82) is 0 Å². The molecule has 0 aliphatic rings. The molecule has 5 N–H and O–H groups in total. The number of aromatic carboxylic acids is 2. The summed E-state index contributed by atoms with van der Waals surface area (Å²) in [7, 11) is 0. The third-order valence-electron chi connectivity index (χ3n) is 3.33. The van der Waals surface area contributed by atoms with Crippen molar-refractivity contribution in [2.45, 2.75) is 0 Å². The van der Waals surface area contributed by atoms with Gasteiger partial charge in [-0.25, -0.2) is 14.6 Å². The monoisotopic (exact) mass is 314 g/mol. The molecule has 0 radical (unpaired) electrons. The van der Waals surface area contributed by atoms with Gasteiger partial charge in [0.15, 0.2) is 0 Å². The zero-order chi connectivity index (χ0) is 16.7. The van der Waals surface area contributed by atoms with E-state index in [2.05, 4.69) is 9.97 Å². The molecule has 116 valence electrons. The van der Waals surface area contributed by atoms with E-state index in [1.165, 1.54) is 18.2 Å². The number of fused-ring (bicyclic) bond motifs is 1. The summed E-state index contributed by atoms with van der Waals surface area (Å²) in [6.45, 7) is 0. The van der Waals surface area contributed by atoms with Gasteiger partial charge in [-0.15, -0.1) is 0 Å². The number of hydrogen-bond acceptors (Lipinski definition) is 5. The molecule has 1 heterocycles. The maximum Gasteiger partial charge on any atom is 0.339 e. The number of nitrogens with one attached hydrogen (secondary N) is 1. The number of benzene rings is 2. The van der Waals surface area contributed by atoms with Gasteiger partial charge in [-0.1, -0.05) is 0 Å². The number of phenolic OH excluding ortho intramolecular Hbond substituents is 1. The minimum atomic E-state index is -1.37. The molecule has 0 bridgehead atoms. The van der Waals surface area contributed by atoms with Gasteiger partial charge in [0.25, 0.3) is 0 Å². The maximum absolute atomic E-state index is 11.0. The van der Waals surface area contributed by atoms with E-state index in [0.29, 0.717) is 11.0 Å². The van der Waals surface area contributed by atoms with Crippen molar-refractivity contribution in [2.24, 2.45) is 0 Å². The zero-order valence-corrected chi connectivity index (χ0v) is 11.4. The number of phenols is 2. The van der Waals surface area contributed by atoms with Crippen LogP contribution in [0.3, 0.4) is 0 Å². The van der Waals surface area contributed by atoms with E-state index in [0.717, 1.165) is 12.1 Å². The lowest BCUT2D eigenvalue weighted by molar-refractivity contribution is 0.0684. The van der Waals surface area contributed by atoms with Crippen molar-refractivity contribution in [2.75, 3.05) is 0 Å². The highest BCUT2D eigenvalue weighted by Crippen LogP contribution is 2.34. The highest BCUT2D eigenvalue weighted by molar-refractivity contribution is 5.94. The zero-order valence-electron chi connectivity index (χ0n) is 11.4. The third kappa shape index (κ3) is 2.42. The first-order valence-corrected chi connectivity index (χ1v) is 6.39. The molecule has 8 heteroatoms. The predicted octanol–water partition coefficient (Wildman–Crippen LogP) is 2.04. The molecule has 23 heavy (non-hydrogen) atoms. The van der Waals surface area contributed by atoms with E-state index in [1.54, 1.807) is 0 Å². The fourth-order valence-corrected chi connectivity index (χ4v) is 2.20. The number of aromatic amines is 1. The molecule has 0 fully saturated rings. The summed E-state index contributed by atoms with van der Waals surface area (Å²) in [6.07, 6.45) is 0. The summed E-state index contributed by atoms with van der Waals surface area (Å²) in [5, 5.41) is 37.5. The molecule has 0 saturated heterocycles. The van der Waals surface area contributed by atoms with Crippen LogP contribution < -0.4 is 0 Å². The second-order valence-electron chi connectivity index (χ2n) is 4.81. The SMILES string of the molecule is O=C(O)c1ccc2[nH]c(-c3cc(O)c(C(=O)O)cc3O)nc2c1. The fraction of sp³-hybridized carbons (Fsp3) is 0. The minimum Gasteiger partial charge on any atom is -0.507 e. The number of carboxylic acids is 2. The Balaban J connectivity index is 2.15. The second kappa shape index (κ2) is 5.02.